The molecule has 22 heavy (non-hydrogen) atoms. The van der Waals surface area contributed by atoms with Crippen molar-refractivity contribution in [3.8, 4) is 0 Å². The quantitative estimate of drug-likeness (QED) is 0.425. The fourth-order valence-electron chi connectivity index (χ4n) is 4.93. The van der Waals surface area contributed by atoms with Crippen LogP contribution in [0.3, 0.4) is 0 Å². The second kappa shape index (κ2) is 7.69. The number of carbonyl (C=O) groups excluding carboxylic acids is 1. The molecule has 0 aromatic rings. The van der Waals surface area contributed by atoms with Crippen LogP contribution in [0.1, 0.15) is 60.3 Å². The van der Waals surface area contributed by atoms with Gasteiger partial charge in [-0.1, -0.05) is 20.8 Å². The van der Waals surface area contributed by atoms with E-state index in [4.69, 9.17) is 4.74 Å². The van der Waals surface area contributed by atoms with E-state index < -0.39 is 5.60 Å². The first-order chi connectivity index (χ1) is 9.09. The van der Waals surface area contributed by atoms with E-state index in [1.807, 2.05) is 6.92 Å². The Morgan fingerprint density at radius 3 is 2.41 bits per heavy atom. The molecule has 2 radical (unpaired) electrons. The predicted molar refractivity (Wildman–Crippen MR) is 78.9 cm³/mol. The Morgan fingerprint density at radius 1 is 1.27 bits per heavy atom. The van der Waals surface area contributed by atoms with Gasteiger partial charge in [0, 0.05) is 12.8 Å². The molecule has 0 unspecified atom stereocenters. The maximum absolute atomic E-state index is 11.2. The van der Waals surface area contributed by atoms with Gasteiger partial charge in [0.25, 0.3) is 0 Å². The molecule has 0 bridgehead atoms. The van der Waals surface area contributed by atoms with Crippen LogP contribution in [0, 0.1) is 29.1 Å². The number of aliphatic hydroxyl groups is 1. The first-order valence-electron chi connectivity index (χ1n) is 7.80. The smallest absolute Gasteiger partial charge is 1.00 e. The van der Waals surface area contributed by atoms with Crippen LogP contribution in [0.2, 0.25) is 0 Å². The molecule has 2 aliphatic carbocycles. The monoisotopic (exact) mass is 518 g/mol. The summed E-state index contributed by atoms with van der Waals surface area (Å²) in [6.07, 6.45) is 6.41. The molecule has 0 heterocycles. The van der Waals surface area contributed by atoms with Crippen LogP contribution >= 0.6 is 0 Å². The SMILES string of the molecule is CC(=O)OC[C@@H]1[C@@]2(C)CC[CH]C(C)(C)[C@@H]2CC[C@@]1(C)O.[Cl-].[Hg+]. The summed E-state index contributed by atoms with van der Waals surface area (Å²) in [5.74, 6) is 0.309. The van der Waals surface area contributed by atoms with Gasteiger partial charge in [0.15, 0.2) is 0 Å². The molecule has 0 amide bonds. The van der Waals surface area contributed by atoms with Gasteiger partial charge in [-0.05, 0) is 55.8 Å². The molecular weight excluding hydrogens is 488 g/mol. The minimum Gasteiger partial charge on any atom is -1.00 e. The third kappa shape index (κ3) is 4.19. The Bertz CT molecular complexity index is 397. The van der Waals surface area contributed by atoms with Gasteiger partial charge in [-0.2, -0.15) is 0 Å². The molecule has 0 aromatic heterocycles. The van der Waals surface area contributed by atoms with E-state index in [1.165, 1.54) is 6.92 Å². The van der Waals surface area contributed by atoms with Crippen molar-refractivity contribution in [2.24, 2.45) is 22.7 Å². The van der Waals surface area contributed by atoms with Gasteiger partial charge in [0.1, 0.15) is 0 Å². The van der Waals surface area contributed by atoms with Crippen LogP contribution in [0.25, 0.3) is 0 Å². The molecule has 3 nitrogen and oxygen atoms in total. The summed E-state index contributed by atoms with van der Waals surface area (Å²) in [7, 11) is 0. The van der Waals surface area contributed by atoms with Crippen LogP contribution in [0.4, 0.5) is 0 Å². The van der Waals surface area contributed by atoms with Crippen LogP contribution in [0.5, 0.6) is 0 Å². The second-order valence-corrected chi connectivity index (χ2v) is 7.87. The van der Waals surface area contributed by atoms with Gasteiger partial charge < -0.3 is 22.3 Å². The fraction of sp³-hybridized carbons (Fsp3) is 0.882. The Morgan fingerprint density at radius 2 is 1.86 bits per heavy atom. The first-order valence-corrected chi connectivity index (χ1v) is 7.80. The van der Waals surface area contributed by atoms with Crippen molar-refractivity contribution < 1.29 is 54.7 Å². The van der Waals surface area contributed by atoms with E-state index in [2.05, 4.69) is 27.2 Å². The number of hydrogen-bond acceptors (Lipinski definition) is 3. The number of hydrogen-bond donors (Lipinski definition) is 1. The second-order valence-electron chi connectivity index (χ2n) is 7.87. The summed E-state index contributed by atoms with van der Waals surface area (Å²) in [5.41, 5.74) is -0.512. The molecule has 0 aliphatic heterocycles. The van der Waals surface area contributed by atoms with Gasteiger partial charge in [0.2, 0.25) is 0 Å². The normalized spacial score (nSPS) is 39.7. The molecule has 0 saturated heterocycles. The Balaban J connectivity index is 0.00000220. The average Bonchev–Trinajstić information content (AvgIpc) is 2.25. The van der Waals surface area contributed by atoms with Crippen molar-refractivity contribution in [3.63, 3.8) is 0 Å². The topological polar surface area (TPSA) is 46.5 Å². The molecule has 0 aromatic carbocycles. The van der Waals surface area contributed by atoms with E-state index in [-0.39, 0.29) is 62.8 Å². The van der Waals surface area contributed by atoms with Gasteiger partial charge in [-0.25, -0.2) is 0 Å². The van der Waals surface area contributed by atoms with Crippen molar-refractivity contribution in [1.29, 1.82) is 0 Å². The zero-order valence-electron chi connectivity index (χ0n) is 14.6. The molecule has 4 atom stereocenters. The predicted octanol–water partition coefficient (Wildman–Crippen LogP) is 0.359. The van der Waals surface area contributed by atoms with Crippen LogP contribution in [-0.2, 0) is 37.2 Å². The van der Waals surface area contributed by atoms with Crippen molar-refractivity contribution in [1.82, 2.24) is 0 Å². The Labute approximate surface area is 161 Å². The van der Waals surface area contributed by atoms with Crippen LogP contribution in [-0.4, -0.2) is 23.3 Å². The van der Waals surface area contributed by atoms with Crippen LogP contribution < -0.4 is 12.4 Å². The number of carbonyl (C=O) groups is 1. The molecule has 1 N–H and O–H groups in total. The summed E-state index contributed by atoms with van der Waals surface area (Å²) in [5, 5.41) is 10.8. The molecule has 2 fully saturated rings. The average molecular weight is 517 g/mol. The zero-order chi connectivity index (χ0) is 15.2. The number of esters is 1. The molecule has 2 aliphatic rings. The zero-order valence-corrected chi connectivity index (χ0v) is 20.9. The summed E-state index contributed by atoms with van der Waals surface area (Å²) in [4.78, 5) is 11.2. The number of ether oxygens (including phenoxy) is 1. The minimum atomic E-state index is -0.742. The summed E-state index contributed by atoms with van der Waals surface area (Å²) in [6, 6.07) is 0. The van der Waals surface area contributed by atoms with E-state index in [9.17, 15) is 9.90 Å². The van der Waals surface area contributed by atoms with E-state index in [0.29, 0.717) is 12.5 Å². The largest absolute Gasteiger partial charge is 1.00 e. The maximum Gasteiger partial charge on any atom is 1.00 e. The maximum atomic E-state index is 11.2. The summed E-state index contributed by atoms with van der Waals surface area (Å²) >= 11 is 0. The van der Waals surface area contributed by atoms with Gasteiger partial charge in [-0.15, -0.1) is 0 Å². The number of rotatable bonds is 2. The number of halogens is 1. The van der Waals surface area contributed by atoms with E-state index in [0.717, 1.165) is 25.7 Å². The van der Waals surface area contributed by atoms with Gasteiger partial charge in [-0.3, -0.25) is 4.79 Å². The first kappa shape index (κ1) is 22.7. The minimum absolute atomic E-state index is 0. The van der Waals surface area contributed by atoms with E-state index >= 15 is 0 Å². The third-order valence-electron chi connectivity index (χ3n) is 5.99. The fourth-order valence-corrected chi connectivity index (χ4v) is 4.93. The summed E-state index contributed by atoms with van der Waals surface area (Å²) in [6.45, 7) is 10.6. The molecule has 5 heteroatoms. The van der Waals surface area contributed by atoms with Crippen molar-refractivity contribution in [3.05, 3.63) is 6.42 Å². The van der Waals surface area contributed by atoms with Crippen molar-refractivity contribution >= 4 is 5.97 Å². The Hall–Kier alpha value is 0.655. The van der Waals surface area contributed by atoms with E-state index in [1.54, 1.807) is 0 Å². The molecule has 0 spiro atoms. The standard InChI is InChI=1S/C17H29O3.ClH.Hg/c1-12(18)20-11-14-16(4)9-6-8-15(2,3)13(16)7-10-17(14,5)19;;/h8,13-14,19H,6-7,9-11H2,1-5H3;1H;/q;;+1/p-1/t13-,14+,16-,17+;;/m0../s1. The van der Waals surface area contributed by atoms with Gasteiger partial charge in [0.05, 0.1) is 12.2 Å². The summed E-state index contributed by atoms with van der Waals surface area (Å²) < 4.78 is 5.29. The van der Waals surface area contributed by atoms with Gasteiger partial charge >= 0.3 is 33.6 Å². The number of fused-ring (bicyclic) bond motifs is 1. The van der Waals surface area contributed by atoms with Crippen LogP contribution in [0.15, 0.2) is 0 Å². The van der Waals surface area contributed by atoms with Crippen molar-refractivity contribution in [2.45, 2.75) is 65.9 Å². The molecule has 124 valence electrons. The molecule has 2 saturated carbocycles. The Kier molecular flexibility index (Phi) is 7.92. The molecular formula is C17H29ClHgO3. The molecule has 2 rings (SSSR count). The third-order valence-corrected chi connectivity index (χ3v) is 5.99. The van der Waals surface area contributed by atoms with Crippen molar-refractivity contribution in [2.75, 3.05) is 6.61 Å².